The lowest BCUT2D eigenvalue weighted by molar-refractivity contribution is -0.116. The van der Waals surface area contributed by atoms with Gasteiger partial charge in [-0.2, -0.15) is 5.10 Å². The molecule has 0 spiro atoms. The van der Waals surface area contributed by atoms with Gasteiger partial charge in [0.1, 0.15) is 11.6 Å². The Labute approximate surface area is 194 Å². The summed E-state index contributed by atoms with van der Waals surface area (Å²) in [7, 11) is 0. The third kappa shape index (κ3) is 5.17. The van der Waals surface area contributed by atoms with Crippen molar-refractivity contribution in [2.75, 3.05) is 31.2 Å². The Kier molecular flexibility index (Phi) is 6.93. The molecule has 3 aromatic heterocycles. The highest BCUT2D eigenvalue weighted by molar-refractivity contribution is 5.91. The number of hydrogen-bond donors (Lipinski definition) is 1. The average molecular weight is 449 g/mol. The molecule has 3 aromatic rings. The van der Waals surface area contributed by atoms with E-state index in [1.165, 1.54) is 0 Å². The van der Waals surface area contributed by atoms with Crippen LogP contribution in [0.2, 0.25) is 0 Å². The Morgan fingerprint density at radius 2 is 2.00 bits per heavy atom. The zero-order valence-corrected chi connectivity index (χ0v) is 19.8. The number of ether oxygens (including phenoxy) is 1. The van der Waals surface area contributed by atoms with Gasteiger partial charge in [0.25, 0.3) is 0 Å². The summed E-state index contributed by atoms with van der Waals surface area (Å²) in [5.74, 6) is 1.84. The topological polar surface area (TPSA) is 77.2 Å². The molecule has 0 bridgehead atoms. The Hall–Kier alpha value is -3.39. The van der Waals surface area contributed by atoms with Crippen molar-refractivity contribution in [2.24, 2.45) is 0 Å². The van der Waals surface area contributed by atoms with Crippen LogP contribution in [0.1, 0.15) is 42.4 Å². The summed E-state index contributed by atoms with van der Waals surface area (Å²) in [6.45, 7) is 12.0. The fourth-order valence-electron chi connectivity index (χ4n) is 4.11. The van der Waals surface area contributed by atoms with Crippen LogP contribution >= 0.6 is 0 Å². The molecule has 0 radical (unpaired) electrons. The van der Waals surface area contributed by atoms with E-state index in [2.05, 4.69) is 58.6 Å². The number of aromatic nitrogens is 4. The van der Waals surface area contributed by atoms with Crippen LogP contribution in [0.4, 0.5) is 5.82 Å². The fourth-order valence-corrected chi connectivity index (χ4v) is 4.11. The van der Waals surface area contributed by atoms with E-state index in [4.69, 9.17) is 4.74 Å². The Morgan fingerprint density at radius 1 is 1.21 bits per heavy atom. The van der Waals surface area contributed by atoms with Gasteiger partial charge in [0, 0.05) is 55.4 Å². The molecule has 8 heteroatoms. The lowest BCUT2D eigenvalue weighted by Gasteiger charge is -2.27. The van der Waals surface area contributed by atoms with Crippen molar-refractivity contribution in [2.45, 2.75) is 40.3 Å². The summed E-state index contributed by atoms with van der Waals surface area (Å²) in [5.41, 5.74) is 4.15. The minimum atomic E-state index is -0.135. The van der Waals surface area contributed by atoms with Gasteiger partial charge in [0.15, 0.2) is 0 Å². The minimum absolute atomic E-state index is 0.135. The van der Waals surface area contributed by atoms with E-state index in [-0.39, 0.29) is 11.9 Å². The van der Waals surface area contributed by atoms with E-state index < -0.39 is 0 Å². The number of nitrogens with zero attached hydrogens (tertiary/aromatic N) is 5. The number of hydrogen-bond acceptors (Lipinski definition) is 5. The molecule has 1 fully saturated rings. The monoisotopic (exact) mass is 448 g/mol. The van der Waals surface area contributed by atoms with Crippen LogP contribution in [0, 0.1) is 13.8 Å². The molecule has 1 aliphatic heterocycles. The summed E-state index contributed by atoms with van der Waals surface area (Å²) in [6.07, 6.45) is 7.09. The summed E-state index contributed by atoms with van der Waals surface area (Å²) in [5, 5.41) is 7.38. The van der Waals surface area contributed by atoms with E-state index in [0.717, 1.165) is 60.5 Å². The van der Waals surface area contributed by atoms with E-state index in [0.29, 0.717) is 6.54 Å². The molecule has 0 atom stereocenters. The molecule has 33 heavy (non-hydrogen) atoms. The van der Waals surface area contributed by atoms with Crippen LogP contribution in [0.15, 0.2) is 42.7 Å². The van der Waals surface area contributed by atoms with E-state index in [1.54, 1.807) is 6.08 Å². The quantitative estimate of drug-likeness (QED) is 0.561. The van der Waals surface area contributed by atoms with Crippen molar-refractivity contribution in [3.8, 4) is 5.82 Å². The number of aryl methyl sites for hydroxylation is 1. The first-order valence-corrected chi connectivity index (χ1v) is 11.4. The summed E-state index contributed by atoms with van der Waals surface area (Å²) < 4.78 is 9.56. The van der Waals surface area contributed by atoms with Gasteiger partial charge >= 0.3 is 0 Å². The second kappa shape index (κ2) is 10.0. The molecule has 1 N–H and O–H groups in total. The predicted molar refractivity (Wildman–Crippen MR) is 130 cm³/mol. The highest BCUT2D eigenvalue weighted by Gasteiger charge is 2.15. The van der Waals surface area contributed by atoms with Crippen molar-refractivity contribution < 1.29 is 9.53 Å². The number of carbonyl (C=O) groups excluding carboxylic acids is 1. The van der Waals surface area contributed by atoms with Crippen LogP contribution in [0.5, 0.6) is 0 Å². The first kappa shape index (κ1) is 22.8. The Bertz CT molecular complexity index is 1120. The molecule has 4 heterocycles. The number of carbonyl (C=O) groups is 1. The maximum absolute atomic E-state index is 12.4. The molecule has 0 saturated carbocycles. The highest BCUT2D eigenvalue weighted by atomic mass is 16.5. The number of anilines is 1. The molecule has 1 saturated heterocycles. The molecule has 0 aliphatic carbocycles. The first-order valence-electron chi connectivity index (χ1n) is 11.4. The van der Waals surface area contributed by atoms with Crippen molar-refractivity contribution in [3.63, 3.8) is 0 Å². The highest BCUT2D eigenvalue weighted by Crippen LogP contribution is 2.23. The van der Waals surface area contributed by atoms with Gasteiger partial charge in [-0.25, -0.2) is 9.67 Å². The standard InChI is InChI=1S/C25H32N6O2/c1-18(2)31-25(9-10-28-31)30-19(3)15-22(20(30)4)6-8-24(32)27-17-21-5-7-23(26-16-21)29-11-13-33-14-12-29/h5-10,15-16,18H,11-14,17H2,1-4H3,(H,27,32)/b8-6+. The van der Waals surface area contributed by atoms with E-state index >= 15 is 0 Å². The van der Waals surface area contributed by atoms with Crippen molar-refractivity contribution in [3.05, 3.63) is 65.2 Å². The normalized spacial score (nSPS) is 14.4. The lowest BCUT2D eigenvalue weighted by Crippen LogP contribution is -2.36. The molecular weight excluding hydrogens is 416 g/mol. The largest absolute Gasteiger partial charge is 0.378 e. The summed E-state index contributed by atoms with van der Waals surface area (Å²) in [4.78, 5) is 19.2. The van der Waals surface area contributed by atoms with Gasteiger partial charge in [-0.15, -0.1) is 0 Å². The molecular formula is C25H32N6O2. The van der Waals surface area contributed by atoms with Crippen molar-refractivity contribution >= 4 is 17.8 Å². The molecule has 4 rings (SSSR count). The van der Waals surface area contributed by atoms with Gasteiger partial charge in [-0.1, -0.05) is 6.07 Å². The van der Waals surface area contributed by atoms with Crippen molar-refractivity contribution in [1.82, 2.24) is 24.6 Å². The lowest BCUT2D eigenvalue weighted by atomic mass is 10.2. The minimum Gasteiger partial charge on any atom is -0.378 e. The zero-order chi connectivity index (χ0) is 23.4. The van der Waals surface area contributed by atoms with E-state index in [1.807, 2.05) is 41.4 Å². The number of rotatable bonds is 7. The maximum Gasteiger partial charge on any atom is 0.244 e. The molecule has 8 nitrogen and oxygen atoms in total. The van der Waals surface area contributed by atoms with Crippen LogP contribution in [0.25, 0.3) is 11.9 Å². The molecule has 0 aromatic carbocycles. The van der Waals surface area contributed by atoms with Gasteiger partial charge in [0.2, 0.25) is 5.91 Å². The van der Waals surface area contributed by atoms with Crippen molar-refractivity contribution in [1.29, 1.82) is 0 Å². The van der Waals surface area contributed by atoms with Crippen LogP contribution in [0.3, 0.4) is 0 Å². The number of nitrogens with one attached hydrogen (secondary N) is 1. The Balaban J connectivity index is 1.37. The Morgan fingerprint density at radius 3 is 2.70 bits per heavy atom. The second-order valence-electron chi connectivity index (χ2n) is 8.56. The average Bonchev–Trinajstić information content (AvgIpc) is 3.41. The third-order valence-corrected chi connectivity index (χ3v) is 5.86. The van der Waals surface area contributed by atoms with Gasteiger partial charge in [-0.3, -0.25) is 4.79 Å². The van der Waals surface area contributed by atoms with Crippen LogP contribution in [-0.2, 0) is 16.1 Å². The smallest absolute Gasteiger partial charge is 0.244 e. The number of pyridine rings is 1. The maximum atomic E-state index is 12.4. The van der Waals surface area contributed by atoms with Gasteiger partial charge < -0.3 is 19.5 Å². The number of morpholine rings is 1. The fraction of sp³-hybridized carbons (Fsp3) is 0.400. The SMILES string of the molecule is Cc1cc(/C=C/C(=O)NCc2ccc(N3CCOCC3)nc2)c(C)n1-c1ccnn1C(C)C. The molecule has 174 valence electrons. The third-order valence-electron chi connectivity index (χ3n) is 5.86. The predicted octanol–water partition coefficient (Wildman–Crippen LogP) is 3.43. The first-order chi connectivity index (χ1) is 15.9. The summed E-state index contributed by atoms with van der Waals surface area (Å²) >= 11 is 0. The van der Waals surface area contributed by atoms with Crippen LogP contribution < -0.4 is 10.2 Å². The van der Waals surface area contributed by atoms with Gasteiger partial charge in [-0.05, 0) is 57.0 Å². The zero-order valence-electron chi connectivity index (χ0n) is 19.8. The molecule has 0 unspecified atom stereocenters. The molecule has 1 aliphatic rings. The van der Waals surface area contributed by atoms with Crippen LogP contribution in [-0.4, -0.2) is 51.5 Å². The number of amides is 1. The van der Waals surface area contributed by atoms with E-state index in [9.17, 15) is 4.79 Å². The molecule has 1 amide bonds. The summed E-state index contributed by atoms with van der Waals surface area (Å²) in [6, 6.07) is 8.37. The van der Waals surface area contributed by atoms with Gasteiger partial charge in [0.05, 0.1) is 19.4 Å². The second-order valence-corrected chi connectivity index (χ2v) is 8.56.